The molecule has 0 aliphatic rings. The third kappa shape index (κ3) is 59.8. The zero-order chi connectivity index (χ0) is 0. The van der Waals surface area contributed by atoms with E-state index < -0.39 is 0 Å². The van der Waals surface area contributed by atoms with Gasteiger partial charge in [0.2, 0.25) is 0 Å². The Morgan fingerprint density at radius 1 is 1.00 bits per heavy atom. The number of hydrogen-bond donors (Lipinski definition) is 0. The van der Waals surface area contributed by atoms with Crippen LogP contribution in [0.3, 0.4) is 0 Å². The predicted molar refractivity (Wildman–Crippen MR) is 14.0 cm³/mol. The number of halogens is 1. The average molecular weight is 80.1 g/mol. The van der Waals surface area contributed by atoms with Crippen LogP contribution in [0.1, 0.15) is 0 Å². The van der Waals surface area contributed by atoms with Gasteiger partial charge in [0.1, 0.15) is 0 Å². The van der Waals surface area contributed by atoms with Gasteiger partial charge in [0.15, 0.2) is 0 Å². The summed E-state index contributed by atoms with van der Waals surface area (Å²) in [5.74, 6) is 0. The molecule has 0 unspecified atom stereocenters. The molecule has 0 heterocycles. The molecule has 0 rings (SSSR count). The molecule has 3 heteroatoms. The van der Waals surface area contributed by atoms with E-state index in [1.165, 1.54) is 0 Å². The van der Waals surface area contributed by atoms with Gasteiger partial charge < -0.3 is 0 Å². The van der Waals surface area contributed by atoms with Crippen LogP contribution in [0, 0.1) is 7.43 Å². The van der Waals surface area contributed by atoms with Crippen molar-refractivity contribution in [3.63, 3.8) is 0 Å². The third-order valence-corrected chi connectivity index (χ3v) is 0. The van der Waals surface area contributed by atoms with Crippen molar-refractivity contribution in [1.82, 2.24) is 0 Å². The minimum atomic E-state index is 0. The first-order chi connectivity index (χ1) is 0. The van der Waals surface area contributed by atoms with Crippen LogP contribution < -0.4 is 0 Å². The lowest BCUT2D eigenvalue weighted by molar-refractivity contribution is 0.686. The van der Waals surface area contributed by atoms with Gasteiger partial charge in [0, 0.05) is 26.4 Å². The Morgan fingerprint density at radius 2 is 1.00 bits per heavy atom. The molecular formula is CHFOS. The second kappa shape index (κ2) is 282. The van der Waals surface area contributed by atoms with Crippen LogP contribution in [0.25, 0.3) is 0 Å². The highest BCUT2D eigenvalue weighted by atomic mass is 32.1. The fraction of sp³-hybridized carbons (Fsp3) is 0. The maximum Gasteiger partial charge on any atom is 0 e. The highest BCUT2D eigenvalue weighted by Crippen LogP contribution is 0.648. The van der Waals surface area contributed by atoms with Gasteiger partial charge in [0.05, 0.1) is 0 Å². The monoisotopic (exact) mass is 80.0 g/mol. The molecule has 0 N–H and O–H groups in total. The lowest BCUT2D eigenvalue weighted by atomic mass is 12.0. The average Bonchev–Trinajstić information content (AvgIpc) is 0. The van der Waals surface area contributed by atoms with E-state index in [2.05, 4.69) is 0 Å². The van der Waals surface area contributed by atoms with Crippen molar-refractivity contribution >= 4 is 13.5 Å². The molecule has 0 aliphatic heterocycles. The van der Waals surface area contributed by atoms with Crippen LogP contribution >= 0.6 is 13.5 Å². The molecule has 0 fully saturated rings. The van der Waals surface area contributed by atoms with E-state index in [4.69, 9.17) is 0 Å². The number of hydrogen-bond acceptors (Lipinski definition) is 0. The van der Waals surface area contributed by atoms with Gasteiger partial charge in [-0.15, -0.1) is 0 Å². The minimum absolute atomic E-state index is 0. The second-order valence-corrected chi connectivity index (χ2v) is 0. The van der Waals surface area contributed by atoms with Gasteiger partial charge in [-0.2, -0.15) is 0 Å². The zero-order valence-electron chi connectivity index (χ0n) is 1.72. The molecule has 0 atom stereocenters. The summed E-state index contributed by atoms with van der Waals surface area (Å²) in [6.45, 7) is 0. The Labute approximate surface area is 32.1 Å². The highest BCUT2D eigenvalue weighted by Gasteiger charge is 0.00201. The van der Waals surface area contributed by atoms with Crippen LogP contribution in [0.15, 0.2) is 0 Å². The minimum Gasteiger partial charge on any atom is -0.269 e. The van der Waals surface area contributed by atoms with Crippen molar-refractivity contribution in [2.75, 3.05) is 0 Å². The summed E-state index contributed by atoms with van der Waals surface area (Å²) in [5.41, 5.74) is 0. The Kier molecular flexibility index (Phi) is 54500. The first-order valence-electron chi connectivity index (χ1n) is 0. The van der Waals surface area contributed by atoms with Gasteiger partial charge in [-0.25, -0.2) is 0 Å². The van der Waals surface area contributed by atoms with E-state index in [1.807, 2.05) is 0 Å². The molecule has 8 radical (unpaired) electrons. The smallest absolute Gasteiger partial charge is 0 e. The van der Waals surface area contributed by atoms with Crippen molar-refractivity contribution in [3.8, 4) is 0 Å². The van der Waals surface area contributed by atoms with E-state index in [-0.39, 0.29) is 31.1 Å². The van der Waals surface area contributed by atoms with E-state index in [0.29, 0.717) is 0 Å². The summed E-state index contributed by atoms with van der Waals surface area (Å²) < 4.78 is 0. The molecule has 0 amide bonds. The standard InChI is InChI=1S/C.FH.O.S/h;1H;;. The normalized spacial score (nSPS) is 0. The Hall–Kier alpha value is 0.240. The van der Waals surface area contributed by atoms with Crippen molar-refractivity contribution in [2.45, 2.75) is 0 Å². The van der Waals surface area contributed by atoms with Gasteiger partial charge in [-0.05, 0) is 0 Å². The van der Waals surface area contributed by atoms with Gasteiger partial charge >= 0.3 is 0 Å². The van der Waals surface area contributed by atoms with E-state index in [0.717, 1.165) is 0 Å². The summed E-state index contributed by atoms with van der Waals surface area (Å²) in [7, 11) is 0. The maximum atomic E-state index is 0. The quantitative estimate of drug-likeness (QED) is 0.411. The van der Waals surface area contributed by atoms with Gasteiger partial charge in [-0.1, -0.05) is 0 Å². The van der Waals surface area contributed by atoms with E-state index in [1.54, 1.807) is 0 Å². The largest absolute Gasteiger partial charge is 0.269 e. The van der Waals surface area contributed by atoms with Crippen LogP contribution in [0.5, 0.6) is 0 Å². The molecule has 0 aromatic carbocycles. The summed E-state index contributed by atoms with van der Waals surface area (Å²) in [4.78, 5) is 0. The van der Waals surface area contributed by atoms with Crippen molar-refractivity contribution in [2.24, 2.45) is 0 Å². The molecule has 1 nitrogen and oxygen atoms in total. The lowest BCUT2D eigenvalue weighted by Gasteiger charge is -0.269. The molecule has 0 saturated carbocycles. The topological polar surface area (TPSA) is 28.5 Å². The van der Waals surface area contributed by atoms with E-state index in [9.17, 15) is 0 Å². The Balaban J connectivity index is 0. The molecule has 0 bridgehead atoms. The van der Waals surface area contributed by atoms with E-state index >= 15 is 0 Å². The third-order valence-electron chi connectivity index (χ3n) is 0. The number of rotatable bonds is 0. The maximum absolute atomic E-state index is 0. The fourth-order valence-corrected chi connectivity index (χ4v) is 0. The van der Waals surface area contributed by atoms with Crippen LogP contribution in [-0.2, 0) is 5.48 Å². The van der Waals surface area contributed by atoms with Gasteiger partial charge in [0.25, 0.3) is 0 Å². The van der Waals surface area contributed by atoms with Crippen LogP contribution in [-0.4, -0.2) is 0 Å². The van der Waals surface area contributed by atoms with Crippen molar-refractivity contribution < 1.29 is 10.2 Å². The van der Waals surface area contributed by atoms with Crippen LogP contribution in [0.2, 0.25) is 0 Å². The molecule has 0 aromatic rings. The molecule has 24 valence electrons. The Morgan fingerprint density at radius 3 is 1.00 bits per heavy atom. The highest BCUT2D eigenvalue weighted by molar-refractivity contribution is 7.59. The summed E-state index contributed by atoms with van der Waals surface area (Å²) in [5, 5.41) is 0. The van der Waals surface area contributed by atoms with Gasteiger partial charge in [-0.3, -0.25) is 4.70 Å². The molecule has 0 saturated heterocycles. The first kappa shape index (κ1) is 773. The molecule has 0 aromatic heterocycles. The zero-order valence-corrected chi connectivity index (χ0v) is 2.54. The van der Waals surface area contributed by atoms with Crippen LogP contribution in [0.4, 0.5) is 4.70 Å². The molecule has 0 aliphatic carbocycles. The first-order valence-corrected chi connectivity index (χ1v) is 0. The second-order valence-electron chi connectivity index (χ2n) is 0. The lowest BCUT2D eigenvalue weighted by Crippen LogP contribution is -0.119. The predicted octanol–water partition coefficient (Wildman–Crippen LogP) is 0.763. The summed E-state index contributed by atoms with van der Waals surface area (Å²) >= 11 is 0. The SMILES string of the molecule is F.[C].[O].[S]. The van der Waals surface area contributed by atoms with Crippen molar-refractivity contribution in [3.05, 3.63) is 7.43 Å². The fourth-order valence-electron chi connectivity index (χ4n) is 0. The molecule has 4 heavy (non-hydrogen) atoms. The molecule has 0 spiro atoms. The Bertz CT molecular complexity index is 8.00. The molecular weight excluding hydrogens is 79.1 g/mol. The summed E-state index contributed by atoms with van der Waals surface area (Å²) in [6.07, 6.45) is 0. The summed E-state index contributed by atoms with van der Waals surface area (Å²) in [6, 6.07) is 0. The van der Waals surface area contributed by atoms with Crippen molar-refractivity contribution in [1.29, 1.82) is 0 Å².